The summed E-state index contributed by atoms with van der Waals surface area (Å²) in [5.41, 5.74) is 0.432. The minimum Gasteiger partial charge on any atom is -0.308 e. The van der Waals surface area contributed by atoms with Crippen LogP contribution in [-0.4, -0.2) is 19.5 Å². The third kappa shape index (κ3) is 2.05. The first-order valence-corrected chi connectivity index (χ1v) is 6.88. The first-order valence-electron chi connectivity index (χ1n) is 6.06. The van der Waals surface area contributed by atoms with Crippen LogP contribution in [0.15, 0.2) is 28.0 Å². The Morgan fingerprint density at radius 3 is 2.90 bits per heavy atom. The van der Waals surface area contributed by atoms with Crippen LogP contribution >= 0.6 is 11.3 Å². The Morgan fingerprint density at radius 2 is 2.15 bits per heavy atom. The highest BCUT2D eigenvalue weighted by atomic mass is 32.1. The molecule has 7 heteroatoms. The number of H-pyrrole nitrogens is 1. The molecule has 3 aromatic rings. The van der Waals surface area contributed by atoms with E-state index in [0.717, 1.165) is 10.4 Å². The van der Waals surface area contributed by atoms with Gasteiger partial charge in [0.25, 0.3) is 5.56 Å². The zero-order valence-electron chi connectivity index (χ0n) is 11.0. The molecule has 1 N–H and O–H groups in total. The summed E-state index contributed by atoms with van der Waals surface area (Å²) in [6, 6.07) is 1.66. The van der Waals surface area contributed by atoms with E-state index < -0.39 is 0 Å². The molecule has 0 amide bonds. The lowest BCUT2D eigenvalue weighted by atomic mass is 10.2. The van der Waals surface area contributed by atoms with Gasteiger partial charge in [-0.25, -0.2) is 14.8 Å². The number of rotatable bonds is 2. The van der Waals surface area contributed by atoms with Crippen LogP contribution < -0.4 is 11.2 Å². The van der Waals surface area contributed by atoms with E-state index in [2.05, 4.69) is 15.0 Å². The normalized spacial score (nSPS) is 11.1. The van der Waals surface area contributed by atoms with E-state index >= 15 is 0 Å². The number of aryl methyl sites for hydroxylation is 2. The molecule has 0 saturated carbocycles. The topological polar surface area (TPSA) is 80.6 Å². The number of nitrogens with one attached hydrogen (secondary N) is 1. The van der Waals surface area contributed by atoms with E-state index in [-0.39, 0.29) is 17.8 Å². The molecule has 0 radical (unpaired) electrons. The van der Waals surface area contributed by atoms with Crippen molar-refractivity contribution < 1.29 is 0 Å². The van der Waals surface area contributed by atoms with Gasteiger partial charge in [-0.2, -0.15) is 0 Å². The molecule has 20 heavy (non-hydrogen) atoms. The molecule has 0 aliphatic heterocycles. The predicted molar refractivity (Wildman–Crippen MR) is 77.3 cm³/mol. The molecule has 3 rings (SSSR count). The second-order valence-electron chi connectivity index (χ2n) is 4.51. The van der Waals surface area contributed by atoms with Crippen LogP contribution in [0.1, 0.15) is 16.3 Å². The van der Waals surface area contributed by atoms with Crippen LogP contribution in [0.2, 0.25) is 0 Å². The van der Waals surface area contributed by atoms with Gasteiger partial charge in [-0.3, -0.25) is 9.36 Å². The fraction of sp³-hybridized carbons (Fsp3) is 0.231. The van der Waals surface area contributed by atoms with Crippen LogP contribution in [0.5, 0.6) is 0 Å². The van der Waals surface area contributed by atoms with Gasteiger partial charge in [0.05, 0.1) is 11.9 Å². The Morgan fingerprint density at radius 1 is 1.35 bits per heavy atom. The summed E-state index contributed by atoms with van der Waals surface area (Å²) in [6.07, 6.45) is 3.05. The first kappa shape index (κ1) is 12.7. The number of nitrogens with zero attached hydrogens (tertiary/aromatic N) is 3. The molecular weight excluding hydrogens is 276 g/mol. The molecule has 0 aliphatic carbocycles. The van der Waals surface area contributed by atoms with Crippen molar-refractivity contribution in [1.82, 2.24) is 19.5 Å². The number of aromatic amines is 1. The Bertz CT molecular complexity index is 907. The van der Waals surface area contributed by atoms with Crippen molar-refractivity contribution in [3.05, 3.63) is 55.6 Å². The summed E-state index contributed by atoms with van der Waals surface area (Å²) >= 11 is 1.49. The lowest BCUT2D eigenvalue weighted by Crippen LogP contribution is -2.24. The number of thiophene rings is 1. The number of fused-ring (bicyclic) bond motifs is 1. The maximum Gasteiger partial charge on any atom is 0.347 e. The van der Waals surface area contributed by atoms with Gasteiger partial charge in [0.2, 0.25) is 0 Å². The number of hydrogen-bond acceptors (Lipinski definition) is 5. The largest absolute Gasteiger partial charge is 0.347 e. The van der Waals surface area contributed by atoms with Crippen molar-refractivity contribution in [1.29, 1.82) is 0 Å². The minimum atomic E-state index is -0.367. The summed E-state index contributed by atoms with van der Waals surface area (Å²) in [7, 11) is 0. The van der Waals surface area contributed by atoms with Gasteiger partial charge in [-0.05, 0) is 25.5 Å². The Labute approximate surface area is 117 Å². The molecule has 0 fully saturated rings. The Balaban J connectivity index is 2.12. The second-order valence-corrected chi connectivity index (χ2v) is 5.71. The van der Waals surface area contributed by atoms with Gasteiger partial charge in [0, 0.05) is 17.3 Å². The maximum atomic E-state index is 12.1. The molecule has 3 aromatic heterocycles. The molecule has 6 nitrogen and oxygen atoms in total. The molecule has 0 unspecified atom stereocenters. The van der Waals surface area contributed by atoms with Gasteiger partial charge in [0.1, 0.15) is 10.7 Å². The highest BCUT2D eigenvalue weighted by Crippen LogP contribution is 2.25. The van der Waals surface area contributed by atoms with Crippen molar-refractivity contribution in [2.75, 3.05) is 0 Å². The SMILES string of the molecule is Cc1sc2nc(Cn3cccnc3=O)[nH]c(=O)c2c1C. The number of hydrogen-bond donors (Lipinski definition) is 1. The lowest BCUT2D eigenvalue weighted by Gasteiger charge is -2.03. The molecule has 3 heterocycles. The molecule has 0 aromatic carbocycles. The second kappa shape index (κ2) is 4.68. The molecule has 0 aliphatic rings. The van der Waals surface area contributed by atoms with Crippen LogP contribution in [-0.2, 0) is 6.54 Å². The van der Waals surface area contributed by atoms with Crippen molar-refractivity contribution in [3.8, 4) is 0 Å². The molecule has 0 bridgehead atoms. The minimum absolute atomic E-state index is 0.163. The Hall–Kier alpha value is -2.28. The Kier molecular flexibility index (Phi) is 2.98. The van der Waals surface area contributed by atoms with E-state index in [1.165, 1.54) is 22.1 Å². The number of aromatic nitrogens is 4. The molecule has 102 valence electrons. The van der Waals surface area contributed by atoms with Crippen LogP contribution in [0.25, 0.3) is 10.2 Å². The fourth-order valence-corrected chi connectivity index (χ4v) is 3.09. The van der Waals surface area contributed by atoms with E-state index in [4.69, 9.17) is 0 Å². The van der Waals surface area contributed by atoms with Gasteiger partial charge >= 0.3 is 5.69 Å². The smallest absolute Gasteiger partial charge is 0.308 e. The van der Waals surface area contributed by atoms with Gasteiger partial charge in [0.15, 0.2) is 0 Å². The standard InChI is InChI=1S/C13H12N4O2S/c1-7-8(2)20-12-10(7)11(18)15-9(16-12)6-17-5-3-4-14-13(17)19/h3-5H,6H2,1-2H3,(H,15,16,18). The third-order valence-corrected chi connectivity index (χ3v) is 4.29. The van der Waals surface area contributed by atoms with E-state index in [0.29, 0.717) is 16.0 Å². The van der Waals surface area contributed by atoms with E-state index in [9.17, 15) is 9.59 Å². The van der Waals surface area contributed by atoms with Gasteiger partial charge < -0.3 is 4.98 Å². The zero-order valence-corrected chi connectivity index (χ0v) is 11.8. The molecule has 0 saturated heterocycles. The summed E-state index contributed by atoms with van der Waals surface area (Å²) in [5, 5.41) is 0.634. The first-order chi connectivity index (χ1) is 9.56. The maximum absolute atomic E-state index is 12.1. The van der Waals surface area contributed by atoms with E-state index in [1.807, 2.05) is 13.8 Å². The third-order valence-electron chi connectivity index (χ3n) is 3.19. The van der Waals surface area contributed by atoms with Crippen LogP contribution in [0.3, 0.4) is 0 Å². The molecule has 0 spiro atoms. The zero-order chi connectivity index (χ0) is 14.3. The average Bonchev–Trinajstić information content (AvgIpc) is 2.68. The highest BCUT2D eigenvalue weighted by Gasteiger charge is 2.12. The van der Waals surface area contributed by atoms with Crippen LogP contribution in [0.4, 0.5) is 0 Å². The van der Waals surface area contributed by atoms with Crippen molar-refractivity contribution in [2.45, 2.75) is 20.4 Å². The van der Waals surface area contributed by atoms with E-state index in [1.54, 1.807) is 12.3 Å². The van der Waals surface area contributed by atoms with Crippen molar-refractivity contribution in [3.63, 3.8) is 0 Å². The predicted octanol–water partition coefficient (Wildman–Crippen LogP) is 1.21. The highest BCUT2D eigenvalue weighted by molar-refractivity contribution is 7.18. The quantitative estimate of drug-likeness (QED) is 0.768. The summed E-state index contributed by atoms with van der Waals surface area (Å²) < 4.78 is 1.40. The molecular formula is C13H12N4O2S. The lowest BCUT2D eigenvalue weighted by molar-refractivity contribution is 0.691. The van der Waals surface area contributed by atoms with Gasteiger partial charge in [-0.1, -0.05) is 0 Å². The van der Waals surface area contributed by atoms with Gasteiger partial charge in [-0.15, -0.1) is 11.3 Å². The summed E-state index contributed by atoms with van der Waals surface area (Å²) in [4.78, 5) is 36.3. The summed E-state index contributed by atoms with van der Waals surface area (Å²) in [5.74, 6) is 0.457. The monoisotopic (exact) mass is 288 g/mol. The molecule has 0 atom stereocenters. The fourth-order valence-electron chi connectivity index (χ4n) is 2.04. The average molecular weight is 288 g/mol. The summed E-state index contributed by atoms with van der Waals surface area (Å²) in [6.45, 7) is 4.08. The van der Waals surface area contributed by atoms with Crippen molar-refractivity contribution >= 4 is 21.6 Å². The van der Waals surface area contributed by atoms with Crippen molar-refractivity contribution in [2.24, 2.45) is 0 Å². The van der Waals surface area contributed by atoms with Crippen LogP contribution in [0, 0.1) is 13.8 Å².